The van der Waals surface area contributed by atoms with Crippen molar-refractivity contribution in [3.8, 4) is 28.1 Å². The number of nitrogens with one attached hydrogen (secondary N) is 2. The van der Waals surface area contributed by atoms with Gasteiger partial charge in [0.1, 0.15) is 11.5 Å². The quantitative estimate of drug-likeness (QED) is 0.356. The fourth-order valence-electron chi connectivity index (χ4n) is 4.88. The Morgan fingerprint density at radius 3 is 2.59 bits per heavy atom. The molecule has 0 radical (unpaired) electrons. The molecule has 2 N–H and O–H groups in total. The van der Waals surface area contributed by atoms with Crippen molar-refractivity contribution in [2.45, 2.75) is 13.0 Å². The lowest BCUT2D eigenvalue weighted by Gasteiger charge is -2.13. The van der Waals surface area contributed by atoms with Crippen molar-refractivity contribution in [2.75, 3.05) is 6.61 Å². The largest absolute Gasteiger partial charge is 0.484 e. The van der Waals surface area contributed by atoms with E-state index in [4.69, 9.17) is 9.72 Å². The van der Waals surface area contributed by atoms with Gasteiger partial charge in [-0.2, -0.15) is 5.10 Å². The van der Waals surface area contributed by atoms with Gasteiger partial charge in [0.05, 0.1) is 23.2 Å². The first-order chi connectivity index (χ1) is 19.0. The summed E-state index contributed by atoms with van der Waals surface area (Å²) in [5.41, 5.74) is 8.88. The Morgan fingerprint density at radius 2 is 1.77 bits per heavy atom. The number of amides is 2. The summed E-state index contributed by atoms with van der Waals surface area (Å²) in [6.07, 6.45) is 7.53. The van der Waals surface area contributed by atoms with Gasteiger partial charge < -0.3 is 10.1 Å². The zero-order valence-electron chi connectivity index (χ0n) is 21.3. The molecule has 1 aliphatic carbocycles. The van der Waals surface area contributed by atoms with Crippen molar-refractivity contribution in [1.82, 2.24) is 15.7 Å². The molecule has 3 aromatic carbocycles. The highest BCUT2D eigenvalue weighted by atomic mass is 16.5. The van der Waals surface area contributed by atoms with Crippen LogP contribution in [0.25, 0.3) is 33.3 Å². The van der Waals surface area contributed by atoms with E-state index in [-0.39, 0.29) is 30.2 Å². The van der Waals surface area contributed by atoms with Crippen molar-refractivity contribution < 1.29 is 14.3 Å². The Kier molecular flexibility index (Phi) is 6.47. The number of aryl methyl sites for hydroxylation is 1. The van der Waals surface area contributed by atoms with Gasteiger partial charge in [0.25, 0.3) is 11.8 Å². The molecule has 0 spiro atoms. The van der Waals surface area contributed by atoms with Crippen LogP contribution >= 0.6 is 0 Å². The van der Waals surface area contributed by atoms with Crippen LogP contribution in [0.4, 0.5) is 0 Å². The minimum atomic E-state index is -0.447. The molecule has 192 valence electrons. The number of hydrazone groups is 1. The Hall–Kier alpha value is -5.04. The average Bonchev–Trinajstić information content (AvgIpc) is 3.29. The number of carbonyl (C=O) groups excluding carboxylic acids is 2. The maximum Gasteiger partial charge on any atom is 0.277 e. The minimum Gasteiger partial charge on any atom is -0.484 e. The highest BCUT2D eigenvalue weighted by Gasteiger charge is 2.37. The third-order valence-corrected chi connectivity index (χ3v) is 6.85. The van der Waals surface area contributed by atoms with Crippen LogP contribution in [0.1, 0.15) is 5.56 Å². The summed E-state index contributed by atoms with van der Waals surface area (Å²) < 4.78 is 5.66. The maximum atomic E-state index is 12.3. The first kappa shape index (κ1) is 24.3. The van der Waals surface area contributed by atoms with Crippen molar-refractivity contribution >= 4 is 28.4 Å². The Balaban J connectivity index is 1.16. The molecule has 39 heavy (non-hydrogen) atoms. The summed E-state index contributed by atoms with van der Waals surface area (Å²) in [4.78, 5) is 29.4. The monoisotopic (exact) mass is 514 g/mol. The summed E-state index contributed by atoms with van der Waals surface area (Å²) in [6.45, 7) is 1.85. The molecule has 1 fully saturated rings. The summed E-state index contributed by atoms with van der Waals surface area (Å²) in [5, 5.41) is 8.00. The molecular formula is C32H26N4O3. The number of carbonyl (C=O) groups is 2. The molecule has 0 saturated carbocycles. The van der Waals surface area contributed by atoms with Gasteiger partial charge >= 0.3 is 0 Å². The van der Waals surface area contributed by atoms with Crippen LogP contribution in [-0.4, -0.2) is 35.2 Å². The summed E-state index contributed by atoms with van der Waals surface area (Å²) in [5.74, 6) is -0.380. The van der Waals surface area contributed by atoms with Crippen molar-refractivity contribution in [3.63, 3.8) is 0 Å². The third kappa shape index (κ3) is 5.07. The second-order valence-electron chi connectivity index (χ2n) is 9.58. The fourth-order valence-corrected chi connectivity index (χ4v) is 4.88. The first-order valence-electron chi connectivity index (χ1n) is 12.8. The van der Waals surface area contributed by atoms with E-state index < -0.39 is 5.91 Å². The van der Waals surface area contributed by atoms with Crippen LogP contribution in [0.2, 0.25) is 0 Å². The minimum absolute atomic E-state index is 0.127. The second kappa shape index (κ2) is 10.4. The number of rotatable bonds is 6. The van der Waals surface area contributed by atoms with Crippen molar-refractivity contribution in [1.29, 1.82) is 0 Å². The Bertz CT molecular complexity index is 1660. The van der Waals surface area contributed by atoms with E-state index in [0.29, 0.717) is 5.75 Å². The number of pyridine rings is 1. The van der Waals surface area contributed by atoms with Crippen LogP contribution in [0, 0.1) is 12.8 Å². The van der Waals surface area contributed by atoms with Gasteiger partial charge in [-0.25, -0.2) is 10.4 Å². The van der Waals surface area contributed by atoms with E-state index in [1.54, 1.807) is 0 Å². The molecule has 7 heteroatoms. The van der Waals surface area contributed by atoms with Crippen LogP contribution < -0.4 is 15.5 Å². The molecule has 2 aliphatic rings. The van der Waals surface area contributed by atoms with Gasteiger partial charge in [-0.1, -0.05) is 66.3 Å². The third-order valence-electron chi connectivity index (χ3n) is 6.85. The maximum absolute atomic E-state index is 12.3. The predicted molar refractivity (Wildman–Crippen MR) is 152 cm³/mol. The standard InChI is InChI=1S/C32H26N4O3/c1-20-11-16-28-26(17-20)25(21-7-3-2-4-8-21)18-29(33-28)22-12-14-23(15-13-22)39-19-30(37)35-36-31-24-9-5-6-10-27(24)34-32(31)38/h2-18,24,27H,19H2,1H3,(H,34,38)(H,35,37)/b36-31+/t24-,27+/m1/s1. The number of ether oxygens (including phenoxy) is 1. The number of hydrogen-bond acceptors (Lipinski definition) is 5. The zero-order valence-corrected chi connectivity index (χ0v) is 21.3. The number of allylic oxidation sites excluding steroid dienone is 2. The van der Waals surface area contributed by atoms with Gasteiger partial charge in [0, 0.05) is 10.9 Å². The number of aromatic nitrogens is 1. The van der Waals surface area contributed by atoms with Gasteiger partial charge in [-0.3, -0.25) is 9.59 Å². The lowest BCUT2D eigenvalue weighted by molar-refractivity contribution is -0.123. The summed E-state index contributed by atoms with van der Waals surface area (Å²) >= 11 is 0. The Morgan fingerprint density at radius 1 is 0.974 bits per heavy atom. The highest BCUT2D eigenvalue weighted by molar-refractivity contribution is 6.42. The fraction of sp³-hybridized carbons (Fsp3) is 0.125. The van der Waals surface area contributed by atoms with Gasteiger partial charge in [0.2, 0.25) is 0 Å². The smallest absolute Gasteiger partial charge is 0.277 e. The van der Waals surface area contributed by atoms with Crippen molar-refractivity contribution in [3.05, 3.63) is 109 Å². The molecule has 2 amide bonds. The van der Waals surface area contributed by atoms with E-state index in [9.17, 15) is 9.59 Å². The number of benzene rings is 3. The lowest BCUT2D eigenvalue weighted by Crippen LogP contribution is -2.29. The van der Waals surface area contributed by atoms with E-state index >= 15 is 0 Å². The molecule has 0 bridgehead atoms. The Labute approximate surface area is 225 Å². The number of nitrogens with zero attached hydrogens (tertiary/aromatic N) is 2. The van der Waals surface area contributed by atoms with Gasteiger partial charge in [-0.15, -0.1) is 0 Å². The van der Waals surface area contributed by atoms with Crippen molar-refractivity contribution in [2.24, 2.45) is 11.0 Å². The molecule has 6 rings (SSSR count). The molecular weight excluding hydrogens is 488 g/mol. The molecule has 2 heterocycles. The number of hydrogen-bond donors (Lipinski definition) is 2. The van der Waals surface area contributed by atoms with E-state index in [1.807, 2.05) is 66.8 Å². The lowest BCUT2D eigenvalue weighted by atomic mass is 9.95. The summed E-state index contributed by atoms with van der Waals surface area (Å²) in [6, 6.07) is 26.0. The molecule has 1 aromatic heterocycles. The molecule has 1 aliphatic heterocycles. The predicted octanol–water partition coefficient (Wildman–Crippen LogP) is 4.97. The molecule has 0 unspecified atom stereocenters. The van der Waals surface area contributed by atoms with Crippen LogP contribution in [0.5, 0.6) is 5.75 Å². The van der Waals surface area contributed by atoms with Crippen LogP contribution in [0.3, 0.4) is 0 Å². The molecule has 4 aromatic rings. The first-order valence-corrected chi connectivity index (χ1v) is 12.8. The topological polar surface area (TPSA) is 92.7 Å². The normalized spacial score (nSPS) is 18.7. The summed E-state index contributed by atoms with van der Waals surface area (Å²) in [7, 11) is 0. The van der Waals surface area contributed by atoms with Crippen LogP contribution in [-0.2, 0) is 9.59 Å². The van der Waals surface area contributed by atoms with E-state index in [1.165, 1.54) is 5.56 Å². The van der Waals surface area contributed by atoms with Crippen LogP contribution in [0.15, 0.2) is 108 Å². The van der Waals surface area contributed by atoms with Gasteiger partial charge in [-0.05, 0) is 60.5 Å². The SMILES string of the molecule is Cc1ccc2nc(-c3ccc(OCC(=O)N/N=C4/C(=O)N[C@H]5C=CC=C[C@@H]45)cc3)cc(-c3ccccc3)c2c1. The van der Waals surface area contributed by atoms with E-state index in [2.05, 4.69) is 59.2 Å². The highest BCUT2D eigenvalue weighted by Crippen LogP contribution is 2.33. The average molecular weight is 515 g/mol. The van der Waals surface area contributed by atoms with Gasteiger partial charge in [0.15, 0.2) is 6.61 Å². The molecule has 2 atom stereocenters. The zero-order chi connectivity index (χ0) is 26.8. The second-order valence-corrected chi connectivity index (χ2v) is 9.58. The molecule has 1 saturated heterocycles. The number of fused-ring (bicyclic) bond motifs is 2. The molecule has 7 nitrogen and oxygen atoms in total. The van der Waals surface area contributed by atoms with E-state index in [0.717, 1.165) is 33.3 Å².